The van der Waals surface area contributed by atoms with Crippen LogP contribution in [0.2, 0.25) is 0 Å². The number of hydrogen-bond acceptors (Lipinski definition) is 0. The van der Waals surface area contributed by atoms with Crippen molar-refractivity contribution >= 4 is 11.4 Å². The minimum absolute atomic E-state index is 0. The van der Waals surface area contributed by atoms with E-state index in [2.05, 4.69) is 104 Å². The van der Waals surface area contributed by atoms with Gasteiger partial charge < -0.3 is 19.4 Å². The SMILES string of the molecule is CCCCCCc1ccc(C2=C(CCCC)C(CCCC)=C(c3ccc(CC)cc3)[N+]2=[N-])cc1.[CH2-]CCCCCCCCCCCCCCCCCCCCCCCCCCCC.[CH2-]CCCCCCCCCCCCCCCCCCCCCCCCCCCC.[Ni+2]. The molecule has 0 saturated carbocycles. The summed E-state index contributed by atoms with van der Waals surface area (Å²) in [5.41, 5.74) is 21.2. The molecule has 0 aromatic heterocycles. The molecule has 2 aromatic rings. The summed E-state index contributed by atoms with van der Waals surface area (Å²) >= 11 is 0. The Labute approximate surface area is 595 Å². The molecule has 1 aliphatic rings. The van der Waals surface area contributed by atoms with Crippen molar-refractivity contribution < 1.29 is 21.2 Å². The molecule has 0 unspecified atom stereocenters. The summed E-state index contributed by atoms with van der Waals surface area (Å²) in [4.78, 5) is 0. The molecule has 1 heterocycles. The van der Waals surface area contributed by atoms with Gasteiger partial charge >= 0.3 is 16.5 Å². The van der Waals surface area contributed by atoms with Crippen molar-refractivity contribution in [3.63, 3.8) is 0 Å². The Morgan fingerprint density at radius 3 is 0.634 bits per heavy atom. The van der Waals surface area contributed by atoms with E-state index in [1.807, 2.05) is 0 Å². The van der Waals surface area contributed by atoms with Crippen LogP contribution in [0.4, 0.5) is 0 Å². The molecule has 2 aromatic carbocycles. The molecule has 3 heteroatoms. The summed E-state index contributed by atoms with van der Waals surface area (Å²) in [6, 6.07) is 17.7. The first kappa shape index (κ1) is 91.0. The number of rotatable bonds is 66. The number of allylic oxidation sites excluding steroid dienone is 2. The summed E-state index contributed by atoms with van der Waals surface area (Å²) in [7, 11) is 0. The first-order valence-corrected chi connectivity index (χ1v) is 42.2. The van der Waals surface area contributed by atoms with Crippen molar-refractivity contribution in [2.24, 2.45) is 0 Å². The van der Waals surface area contributed by atoms with E-state index in [4.69, 9.17) is 0 Å². The van der Waals surface area contributed by atoms with Crippen LogP contribution in [0.15, 0.2) is 59.7 Å². The Morgan fingerprint density at radius 2 is 0.430 bits per heavy atom. The van der Waals surface area contributed by atoms with Gasteiger partial charge in [0.2, 0.25) is 11.4 Å². The van der Waals surface area contributed by atoms with Gasteiger partial charge in [-0.1, -0.05) is 432 Å². The van der Waals surface area contributed by atoms with Crippen LogP contribution in [0.5, 0.6) is 0 Å². The maximum atomic E-state index is 11.6. The third-order valence-electron chi connectivity index (χ3n) is 20.3. The van der Waals surface area contributed by atoms with Crippen LogP contribution in [0, 0.1) is 13.8 Å². The van der Waals surface area contributed by atoms with E-state index in [0.717, 1.165) is 86.7 Å². The smallest absolute Gasteiger partial charge is 0.493 e. The van der Waals surface area contributed by atoms with Gasteiger partial charge in [-0.2, -0.15) is 12.8 Å². The van der Waals surface area contributed by atoms with Gasteiger partial charge in [0.15, 0.2) is 0 Å². The first-order valence-electron chi connectivity index (χ1n) is 42.2. The molecule has 0 fully saturated rings. The fraction of sp³-hybridized carbons (Fsp3) is 0.800. The van der Waals surface area contributed by atoms with Crippen molar-refractivity contribution in [1.29, 1.82) is 0 Å². The zero-order chi connectivity index (χ0) is 66.5. The molecule has 1 aliphatic heterocycles. The van der Waals surface area contributed by atoms with E-state index < -0.39 is 0 Å². The summed E-state index contributed by atoms with van der Waals surface area (Å²) in [6.45, 7) is 21.4. The third kappa shape index (κ3) is 53.6. The van der Waals surface area contributed by atoms with Gasteiger partial charge in [-0.05, 0) is 80.3 Å². The Balaban J connectivity index is 0.00000137. The van der Waals surface area contributed by atoms with Crippen LogP contribution in [0.25, 0.3) is 16.9 Å². The van der Waals surface area contributed by atoms with Gasteiger partial charge in [-0.15, -0.1) is 0 Å². The molecule has 3 rings (SSSR count). The van der Waals surface area contributed by atoms with Crippen molar-refractivity contribution in [3.8, 4) is 0 Å². The van der Waals surface area contributed by atoms with Gasteiger partial charge in [0, 0.05) is 22.3 Å². The summed E-state index contributed by atoms with van der Waals surface area (Å²) in [5, 5.41) is 0. The largest absolute Gasteiger partial charge is 2.00 e. The van der Waals surface area contributed by atoms with Crippen LogP contribution < -0.4 is 0 Å². The van der Waals surface area contributed by atoms with Crippen molar-refractivity contribution in [1.82, 2.24) is 0 Å². The van der Waals surface area contributed by atoms with E-state index in [-0.39, 0.29) is 16.5 Å². The normalized spacial score (nSPS) is 12.2. The van der Waals surface area contributed by atoms with Gasteiger partial charge in [0.05, 0.1) is 0 Å². The number of benzene rings is 2. The van der Waals surface area contributed by atoms with Gasteiger partial charge in [-0.25, -0.2) is 4.70 Å². The van der Waals surface area contributed by atoms with Gasteiger partial charge in [0.1, 0.15) is 0 Å². The fourth-order valence-corrected chi connectivity index (χ4v) is 14.0. The molecule has 0 radical (unpaired) electrons. The maximum absolute atomic E-state index is 11.6. The Bertz CT molecular complexity index is 1780. The average molecular weight is 1330 g/mol. The number of nitrogens with zero attached hydrogens (tertiary/aromatic N) is 2. The van der Waals surface area contributed by atoms with Crippen molar-refractivity contribution in [2.45, 2.75) is 465 Å². The fourth-order valence-electron chi connectivity index (χ4n) is 14.0. The Hall–Kier alpha value is -1.99. The van der Waals surface area contributed by atoms with Crippen molar-refractivity contribution in [2.75, 3.05) is 0 Å². The topological polar surface area (TPSA) is 25.3 Å². The Kier molecular flexibility index (Phi) is 71.2. The summed E-state index contributed by atoms with van der Waals surface area (Å²) < 4.78 is 1.51. The minimum atomic E-state index is 0. The molecule has 2 nitrogen and oxygen atoms in total. The second-order valence-electron chi connectivity index (χ2n) is 29.1. The molecule has 0 aliphatic carbocycles. The quantitative estimate of drug-likeness (QED) is 0.0273. The Morgan fingerprint density at radius 1 is 0.237 bits per heavy atom. The maximum Gasteiger partial charge on any atom is 2.00 e. The molecule has 0 N–H and O–H groups in total. The molecule has 0 amide bonds. The van der Waals surface area contributed by atoms with Crippen LogP contribution >= 0.6 is 0 Å². The predicted molar refractivity (Wildman–Crippen MR) is 418 cm³/mol. The van der Waals surface area contributed by atoms with E-state index >= 15 is 0 Å². The van der Waals surface area contributed by atoms with Crippen molar-refractivity contribution in [3.05, 3.63) is 101 Å². The van der Waals surface area contributed by atoms with E-state index in [1.165, 1.54) is 387 Å². The van der Waals surface area contributed by atoms with Crippen LogP contribution in [0.1, 0.15) is 475 Å². The molecule has 0 atom stereocenters. The van der Waals surface area contributed by atoms with Gasteiger partial charge in [0.25, 0.3) is 0 Å². The predicted octanol–water partition coefficient (Wildman–Crippen LogP) is 32.7. The van der Waals surface area contributed by atoms with E-state index in [9.17, 15) is 5.53 Å². The number of hydrogen-bond donors (Lipinski definition) is 0. The van der Waals surface area contributed by atoms with E-state index in [0.29, 0.717) is 0 Å². The van der Waals surface area contributed by atoms with Crippen LogP contribution in [-0.2, 0) is 29.3 Å². The molecule has 542 valence electrons. The second kappa shape index (κ2) is 72.7. The molecule has 0 saturated heterocycles. The molecule has 0 spiro atoms. The standard InChI is InChI=1S/C32H44N2.2C29H59.Ni/c1-5-9-12-13-14-26-19-23-28(24-20-26)32-30(16-11-7-3)29(15-10-6-2)31(34(32)33)27-21-17-25(8-4)18-22-27;2*1-3-5-7-9-11-13-15-17-19-21-23-25-27-29-28-26-24-22-20-18-16-14-12-10-8-6-4-2;/h17-24H,5-16H2,1-4H3;2*1,3-29H2,2H3;/q;2*-1;+2. The second-order valence-corrected chi connectivity index (χ2v) is 29.1. The van der Waals surface area contributed by atoms with Gasteiger partial charge in [-0.3, -0.25) is 0 Å². The third-order valence-corrected chi connectivity index (χ3v) is 20.3. The summed E-state index contributed by atoms with van der Waals surface area (Å²) in [5.74, 6) is 0. The monoisotopic (exact) mass is 1330 g/mol. The number of aryl methyl sites for hydroxylation is 2. The zero-order valence-electron chi connectivity index (χ0n) is 63.9. The van der Waals surface area contributed by atoms with E-state index in [1.54, 1.807) is 0 Å². The van der Waals surface area contributed by atoms with Crippen LogP contribution in [0.3, 0.4) is 0 Å². The molecular weight excluding hydrogens is 1170 g/mol. The average Bonchev–Trinajstić information content (AvgIpc) is 1.62. The first-order chi connectivity index (χ1) is 45.5. The van der Waals surface area contributed by atoms with Crippen LogP contribution in [-0.4, -0.2) is 4.70 Å². The summed E-state index contributed by atoms with van der Waals surface area (Å²) in [6.07, 6.45) is 92.5. The number of unbranched alkanes of at least 4 members (excludes halogenated alkanes) is 57. The molecule has 0 bridgehead atoms. The minimum Gasteiger partial charge on any atom is -0.493 e. The molecular formula is C90H162N2Ni. The zero-order valence-corrected chi connectivity index (χ0v) is 64.9. The molecule has 93 heavy (non-hydrogen) atoms.